The van der Waals surface area contributed by atoms with Crippen molar-refractivity contribution in [3.8, 4) is 0 Å². The smallest absolute Gasteiger partial charge is 0.266 e. The molecule has 9 heteroatoms. The van der Waals surface area contributed by atoms with E-state index in [4.69, 9.17) is 11.6 Å². The van der Waals surface area contributed by atoms with Crippen LogP contribution in [0, 0.1) is 0 Å². The van der Waals surface area contributed by atoms with E-state index in [0.717, 1.165) is 5.69 Å². The summed E-state index contributed by atoms with van der Waals surface area (Å²) in [5.74, 6) is 5.26. The molecule has 0 fully saturated rings. The van der Waals surface area contributed by atoms with Gasteiger partial charge in [0.1, 0.15) is 5.82 Å². The quantitative estimate of drug-likeness (QED) is 0.198. The van der Waals surface area contributed by atoms with Crippen molar-refractivity contribution in [2.75, 3.05) is 5.73 Å². The van der Waals surface area contributed by atoms with E-state index in [9.17, 15) is 9.59 Å². The van der Waals surface area contributed by atoms with Gasteiger partial charge in [0, 0.05) is 18.0 Å². The molecule has 1 amide bonds. The van der Waals surface area contributed by atoms with Gasteiger partial charge in [-0.3, -0.25) is 20.0 Å². The molecular weight excluding hydrogens is 280 g/mol. The summed E-state index contributed by atoms with van der Waals surface area (Å²) < 4.78 is 0. The number of nitrogens with one attached hydrogen (secondary N) is 2. The molecule has 0 aliphatic carbocycles. The van der Waals surface area contributed by atoms with Crippen LogP contribution in [-0.2, 0) is 5.75 Å². The highest BCUT2D eigenvalue weighted by atomic mass is 32.2. The Morgan fingerprint density at radius 3 is 2.85 bits per heavy atom. The fraction of sp³-hybridized carbons (Fsp3) is 0.0909. The van der Waals surface area contributed by atoms with E-state index in [2.05, 4.69) is 15.0 Å². The number of H-pyrrole nitrogens is 1. The fourth-order valence-corrected chi connectivity index (χ4v) is 2.19. The Morgan fingerprint density at radius 1 is 1.45 bits per heavy atom. The maximum Gasteiger partial charge on any atom is 0.266 e. The van der Waals surface area contributed by atoms with Gasteiger partial charge in [-0.2, -0.15) is 0 Å². The third kappa shape index (κ3) is 3.56. The zero-order chi connectivity index (χ0) is 14.5. The zero-order valence-electron chi connectivity index (χ0n) is 10.3. The first-order chi connectivity index (χ1) is 9.58. The number of amides is 1. The molecule has 2 aromatic rings. The van der Waals surface area contributed by atoms with Crippen molar-refractivity contribution in [3.63, 3.8) is 0 Å². The van der Waals surface area contributed by atoms with Gasteiger partial charge in [0.25, 0.3) is 11.5 Å². The Balaban J connectivity index is 2.03. The SMILES string of the molecule is NNC(=O)c1ccc(CSc2nc(N)cc(=O)[nH]2)nc1. The summed E-state index contributed by atoms with van der Waals surface area (Å²) in [6, 6.07) is 4.52. The van der Waals surface area contributed by atoms with Crippen LogP contribution in [0.25, 0.3) is 0 Å². The molecule has 0 aliphatic heterocycles. The molecule has 0 radical (unpaired) electrons. The maximum absolute atomic E-state index is 11.2. The lowest BCUT2D eigenvalue weighted by Crippen LogP contribution is -2.30. The Kier molecular flexibility index (Phi) is 4.33. The summed E-state index contributed by atoms with van der Waals surface area (Å²) in [5, 5.41) is 0.417. The molecule has 2 aromatic heterocycles. The first-order valence-corrected chi connectivity index (χ1v) is 6.52. The second kappa shape index (κ2) is 6.17. The van der Waals surface area contributed by atoms with Crippen molar-refractivity contribution in [1.82, 2.24) is 20.4 Å². The predicted octanol–water partition coefficient (Wildman–Crippen LogP) is -0.357. The number of hydrazine groups is 1. The van der Waals surface area contributed by atoms with Crippen LogP contribution in [0.4, 0.5) is 5.82 Å². The fourth-order valence-electron chi connectivity index (χ4n) is 1.39. The molecule has 0 bridgehead atoms. The lowest BCUT2D eigenvalue weighted by atomic mass is 10.2. The van der Waals surface area contributed by atoms with Crippen LogP contribution in [-0.4, -0.2) is 20.9 Å². The first kappa shape index (κ1) is 14.0. The molecule has 0 unspecified atom stereocenters. The summed E-state index contributed by atoms with van der Waals surface area (Å²) in [6.07, 6.45) is 1.42. The Hall–Kier alpha value is -2.39. The number of thioether (sulfide) groups is 1. The van der Waals surface area contributed by atoms with Gasteiger partial charge in [-0.25, -0.2) is 10.8 Å². The first-order valence-electron chi connectivity index (χ1n) is 5.54. The van der Waals surface area contributed by atoms with E-state index < -0.39 is 5.91 Å². The number of pyridine rings is 1. The van der Waals surface area contributed by atoms with Crippen LogP contribution < -0.4 is 22.6 Å². The number of hydrogen-bond acceptors (Lipinski definition) is 7. The number of aromatic amines is 1. The van der Waals surface area contributed by atoms with Crippen molar-refractivity contribution in [3.05, 3.63) is 46.0 Å². The number of nitrogens with zero attached hydrogens (tertiary/aromatic N) is 2. The highest BCUT2D eigenvalue weighted by Gasteiger charge is 2.05. The van der Waals surface area contributed by atoms with Gasteiger partial charge >= 0.3 is 0 Å². The second-order valence-electron chi connectivity index (χ2n) is 3.78. The number of nitrogens with two attached hydrogens (primary N) is 2. The minimum absolute atomic E-state index is 0.166. The number of hydrogen-bond donors (Lipinski definition) is 4. The van der Waals surface area contributed by atoms with Crippen LogP contribution in [0.5, 0.6) is 0 Å². The summed E-state index contributed by atoms with van der Waals surface area (Å²) in [4.78, 5) is 33.1. The largest absolute Gasteiger partial charge is 0.383 e. The van der Waals surface area contributed by atoms with Crippen molar-refractivity contribution in [1.29, 1.82) is 0 Å². The molecule has 0 spiro atoms. The molecule has 0 aliphatic rings. The molecule has 2 heterocycles. The van der Waals surface area contributed by atoms with E-state index >= 15 is 0 Å². The number of carbonyl (C=O) groups is 1. The monoisotopic (exact) mass is 292 g/mol. The minimum Gasteiger partial charge on any atom is -0.383 e. The highest BCUT2D eigenvalue weighted by Crippen LogP contribution is 2.17. The number of nitrogen functional groups attached to an aromatic ring is 2. The molecule has 6 N–H and O–H groups in total. The van der Waals surface area contributed by atoms with E-state index in [-0.39, 0.29) is 11.4 Å². The average molecular weight is 292 g/mol. The Bertz CT molecular complexity index is 669. The average Bonchev–Trinajstić information content (AvgIpc) is 2.44. The summed E-state index contributed by atoms with van der Waals surface area (Å²) >= 11 is 1.29. The predicted molar refractivity (Wildman–Crippen MR) is 74.7 cm³/mol. The summed E-state index contributed by atoms with van der Waals surface area (Å²) in [7, 11) is 0. The number of aromatic nitrogens is 3. The van der Waals surface area contributed by atoms with Gasteiger partial charge in [-0.05, 0) is 12.1 Å². The van der Waals surface area contributed by atoms with E-state index in [1.807, 2.05) is 5.43 Å². The Morgan fingerprint density at radius 2 is 2.25 bits per heavy atom. The van der Waals surface area contributed by atoms with Crippen LogP contribution in [0.1, 0.15) is 16.1 Å². The number of carbonyl (C=O) groups excluding carboxylic acids is 1. The topological polar surface area (TPSA) is 140 Å². The third-order valence-corrected chi connectivity index (χ3v) is 3.22. The van der Waals surface area contributed by atoms with Crippen molar-refractivity contribution < 1.29 is 4.79 Å². The number of rotatable bonds is 4. The molecule has 0 aromatic carbocycles. The molecular formula is C11H12N6O2S. The molecule has 8 nitrogen and oxygen atoms in total. The highest BCUT2D eigenvalue weighted by molar-refractivity contribution is 7.98. The minimum atomic E-state index is -0.404. The zero-order valence-corrected chi connectivity index (χ0v) is 11.1. The Labute approximate surface area is 118 Å². The van der Waals surface area contributed by atoms with E-state index in [1.165, 1.54) is 24.0 Å². The third-order valence-electron chi connectivity index (χ3n) is 2.31. The van der Waals surface area contributed by atoms with Gasteiger partial charge in [-0.15, -0.1) is 0 Å². The number of anilines is 1. The van der Waals surface area contributed by atoms with Gasteiger partial charge in [-0.1, -0.05) is 11.8 Å². The lowest BCUT2D eigenvalue weighted by molar-refractivity contribution is 0.0953. The molecule has 104 valence electrons. The van der Waals surface area contributed by atoms with Gasteiger partial charge in [0.05, 0.1) is 11.3 Å². The standard InChI is InChI=1S/C11H12N6O2S/c12-8-3-9(18)16-11(15-8)20-5-7-2-1-6(4-14-7)10(19)17-13/h1-4H,5,13H2,(H,17,19)(H3,12,15,16,18). The van der Waals surface area contributed by atoms with Crippen LogP contribution in [0.15, 0.2) is 34.3 Å². The van der Waals surface area contributed by atoms with Crippen LogP contribution in [0.3, 0.4) is 0 Å². The van der Waals surface area contributed by atoms with E-state index in [1.54, 1.807) is 12.1 Å². The summed E-state index contributed by atoms with van der Waals surface area (Å²) in [6.45, 7) is 0. The van der Waals surface area contributed by atoms with Crippen molar-refractivity contribution >= 4 is 23.5 Å². The van der Waals surface area contributed by atoms with Crippen molar-refractivity contribution in [2.45, 2.75) is 10.9 Å². The molecule has 2 rings (SSSR count). The van der Waals surface area contributed by atoms with Crippen LogP contribution >= 0.6 is 11.8 Å². The molecule has 20 heavy (non-hydrogen) atoms. The second-order valence-corrected chi connectivity index (χ2v) is 4.74. The van der Waals surface area contributed by atoms with Gasteiger partial charge < -0.3 is 10.7 Å². The summed E-state index contributed by atoms with van der Waals surface area (Å²) in [5.41, 5.74) is 8.30. The molecule has 0 saturated carbocycles. The molecule has 0 atom stereocenters. The van der Waals surface area contributed by atoms with E-state index in [0.29, 0.717) is 16.5 Å². The normalized spacial score (nSPS) is 10.2. The van der Waals surface area contributed by atoms with Gasteiger partial charge in [0.15, 0.2) is 5.16 Å². The van der Waals surface area contributed by atoms with Gasteiger partial charge in [0.2, 0.25) is 0 Å². The lowest BCUT2D eigenvalue weighted by Gasteiger charge is -2.03. The maximum atomic E-state index is 11.2. The van der Waals surface area contributed by atoms with Crippen LogP contribution in [0.2, 0.25) is 0 Å². The van der Waals surface area contributed by atoms with Crippen molar-refractivity contribution in [2.24, 2.45) is 5.84 Å². The molecule has 0 saturated heterocycles.